The maximum Gasteiger partial charge on any atom is 0.337 e. The molecule has 0 fully saturated rings. The Hall–Kier alpha value is -4.11. The van der Waals surface area contributed by atoms with Gasteiger partial charge in [0.15, 0.2) is 16.3 Å². The predicted molar refractivity (Wildman–Crippen MR) is 142 cm³/mol. The molecule has 1 atom stereocenters. The van der Waals surface area contributed by atoms with Gasteiger partial charge in [0.2, 0.25) is 0 Å². The molecule has 1 aliphatic rings. The highest BCUT2D eigenvalue weighted by molar-refractivity contribution is 7.07. The van der Waals surface area contributed by atoms with Crippen LogP contribution in [0.15, 0.2) is 76.7 Å². The summed E-state index contributed by atoms with van der Waals surface area (Å²) < 4.78 is 24.0. The van der Waals surface area contributed by atoms with E-state index < -0.39 is 12.0 Å². The first kappa shape index (κ1) is 26.0. The summed E-state index contributed by atoms with van der Waals surface area (Å²) in [7, 11) is 1.30. The van der Waals surface area contributed by atoms with Gasteiger partial charge in [-0.15, -0.1) is 0 Å². The van der Waals surface area contributed by atoms with Crippen molar-refractivity contribution in [1.82, 2.24) is 4.57 Å². The molecule has 4 rings (SSSR count). The van der Waals surface area contributed by atoms with Crippen molar-refractivity contribution in [3.8, 4) is 17.2 Å². The number of carbonyl (C=O) groups excluding carboxylic acids is 1. The van der Waals surface area contributed by atoms with Crippen molar-refractivity contribution in [2.24, 2.45) is 4.99 Å². The molecular weight excluding hydrogens is 492 g/mol. The van der Waals surface area contributed by atoms with Crippen molar-refractivity contribution in [2.75, 3.05) is 26.9 Å². The summed E-state index contributed by atoms with van der Waals surface area (Å²) in [6.07, 6.45) is 4.94. The second-order valence-corrected chi connectivity index (χ2v) is 8.93. The number of benzene rings is 2. The summed E-state index contributed by atoms with van der Waals surface area (Å²) >= 11 is 1.25. The largest absolute Gasteiger partial charge is 0.490 e. The predicted octanol–water partition coefficient (Wildman–Crippen LogP) is 3.38. The molecule has 0 N–H and O–H groups in total. The molecule has 0 spiro atoms. The van der Waals surface area contributed by atoms with Crippen LogP contribution in [0.25, 0.3) is 6.08 Å². The van der Waals surface area contributed by atoms with Crippen LogP contribution in [0.1, 0.15) is 31.0 Å². The molecule has 8 nitrogen and oxygen atoms in total. The Labute approximate surface area is 218 Å². The highest BCUT2D eigenvalue weighted by Gasteiger charge is 2.31. The van der Waals surface area contributed by atoms with Crippen LogP contribution in [0.4, 0.5) is 0 Å². The van der Waals surface area contributed by atoms with Crippen LogP contribution in [0.5, 0.6) is 17.2 Å². The number of fused-ring (bicyclic) bond motifs is 1. The SMILES string of the molecule is C=CCOc1ccc(/C=c2\sc3n(c2=O)[C@@H](c2ccc(OCC)c(OCC)c2)C(C(=O)OC)=CN=3)cc1. The lowest BCUT2D eigenvalue weighted by Gasteiger charge is -2.23. The van der Waals surface area contributed by atoms with Crippen molar-refractivity contribution < 1.29 is 23.7 Å². The fourth-order valence-corrected chi connectivity index (χ4v) is 4.92. The van der Waals surface area contributed by atoms with Crippen LogP contribution in [-0.2, 0) is 9.53 Å². The van der Waals surface area contributed by atoms with E-state index in [-0.39, 0.29) is 11.1 Å². The molecule has 192 valence electrons. The van der Waals surface area contributed by atoms with E-state index in [1.54, 1.807) is 24.3 Å². The van der Waals surface area contributed by atoms with Gasteiger partial charge in [-0.2, -0.15) is 0 Å². The van der Waals surface area contributed by atoms with Gasteiger partial charge in [-0.3, -0.25) is 9.36 Å². The second kappa shape index (κ2) is 11.7. The van der Waals surface area contributed by atoms with E-state index in [0.29, 0.717) is 52.0 Å². The summed E-state index contributed by atoms with van der Waals surface area (Å²) in [6.45, 7) is 8.74. The Kier molecular flexibility index (Phi) is 8.25. The molecular formula is C28H28N2O6S. The molecule has 37 heavy (non-hydrogen) atoms. The number of ether oxygens (including phenoxy) is 4. The van der Waals surface area contributed by atoms with E-state index in [9.17, 15) is 9.59 Å². The van der Waals surface area contributed by atoms with Crippen molar-refractivity contribution in [1.29, 1.82) is 0 Å². The van der Waals surface area contributed by atoms with Crippen LogP contribution in [0.3, 0.4) is 0 Å². The van der Waals surface area contributed by atoms with Gasteiger partial charge in [0.05, 0.1) is 36.5 Å². The molecule has 2 heterocycles. The van der Waals surface area contributed by atoms with E-state index in [4.69, 9.17) is 18.9 Å². The van der Waals surface area contributed by atoms with Crippen molar-refractivity contribution in [3.63, 3.8) is 0 Å². The monoisotopic (exact) mass is 520 g/mol. The number of rotatable bonds is 10. The summed E-state index contributed by atoms with van der Waals surface area (Å²) in [5.74, 6) is 1.26. The van der Waals surface area contributed by atoms with E-state index in [1.807, 2.05) is 44.2 Å². The smallest absolute Gasteiger partial charge is 0.337 e. The van der Waals surface area contributed by atoms with Gasteiger partial charge in [-0.25, -0.2) is 9.79 Å². The van der Waals surface area contributed by atoms with Crippen LogP contribution in [0.2, 0.25) is 0 Å². The molecule has 0 saturated carbocycles. The number of methoxy groups -OCH3 is 1. The molecule has 1 aliphatic heterocycles. The minimum atomic E-state index is -0.740. The van der Waals surface area contributed by atoms with Crippen molar-refractivity contribution >= 4 is 23.4 Å². The number of hydrogen-bond donors (Lipinski definition) is 0. The van der Waals surface area contributed by atoms with E-state index in [1.165, 1.54) is 29.2 Å². The Bertz CT molecular complexity index is 1500. The molecule has 1 aromatic heterocycles. The number of thiazole rings is 1. The maximum absolute atomic E-state index is 13.7. The summed E-state index contributed by atoms with van der Waals surface area (Å²) in [5.41, 5.74) is 1.49. The number of carbonyl (C=O) groups is 1. The van der Waals surface area contributed by atoms with Gasteiger partial charge >= 0.3 is 5.97 Å². The quantitative estimate of drug-likeness (QED) is 0.301. The lowest BCUT2D eigenvalue weighted by molar-refractivity contribution is -0.136. The Morgan fingerprint density at radius 3 is 2.49 bits per heavy atom. The Morgan fingerprint density at radius 1 is 1.08 bits per heavy atom. The zero-order valence-corrected chi connectivity index (χ0v) is 21.7. The first-order valence-corrected chi connectivity index (χ1v) is 12.6. The molecule has 0 saturated heterocycles. The van der Waals surface area contributed by atoms with Gasteiger partial charge in [0.1, 0.15) is 12.4 Å². The molecule has 0 bridgehead atoms. The highest BCUT2D eigenvalue weighted by Crippen LogP contribution is 2.35. The second-order valence-electron chi connectivity index (χ2n) is 7.92. The minimum Gasteiger partial charge on any atom is -0.490 e. The summed E-state index contributed by atoms with van der Waals surface area (Å²) in [6, 6.07) is 12.1. The van der Waals surface area contributed by atoms with Gasteiger partial charge in [-0.05, 0) is 55.3 Å². The van der Waals surface area contributed by atoms with Gasteiger partial charge in [0, 0.05) is 6.20 Å². The molecule has 0 unspecified atom stereocenters. The topological polar surface area (TPSA) is 88.3 Å². The number of nitrogens with zero attached hydrogens (tertiary/aromatic N) is 2. The molecule has 0 aliphatic carbocycles. The molecule has 2 aromatic carbocycles. The molecule has 3 aromatic rings. The zero-order chi connectivity index (χ0) is 26.4. The third-order valence-corrected chi connectivity index (χ3v) is 6.55. The third kappa shape index (κ3) is 5.51. The average Bonchev–Trinajstić information content (AvgIpc) is 3.23. The van der Waals surface area contributed by atoms with Crippen LogP contribution < -0.4 is 29.1 Å². The van der Waals surface area contributed by atoms with E-state index in [2.05, 4.69) is 11.6 Å². The summed E-state index contributed by atoms with van der Waals surface area (Å²) in [5, 5.41) is 0. The van der Waals surface area contributed by atoms with Gasteiger partial charge < -0.3 is 18.9 Å². The number of esters is 1. The van der Waals surface area contributed by atoms with Crippen LogP contribution in [-0.4, -0.2) is 37.5 Å². The lowest BCUT2D eigenvalue weighted by atomic mass is 9.97. The van der Waals surface area contributed by atoms with E-state index >= 15 is 0 Å². The van der Waals surface area contributed by atoms with Crippen molar-refractivity contribution in [3.05, 3.63) is 97.7 Å². The fraction of sp³-hybridized carbons (Fsp3) is 0.250. The third-order valence-electron chi connectivity index (χ3n) is 5.55. The van der Waals surface area contributed by atoms with Crippen LogP contribution in [0, 0.1) is 0 Å². The Balaban J connectivity index is 1.82. The number of hydrogen-bond acceptors (Lipinski definition) is 8. The molecule has 9 heteroatoms. The maximum atomic E-state index is 13.7. The lowest BCUT2D eigenvalue weighted by Crippen LogP contribution is -2.39. The van der Waals surface area contributed by atoms with E-state index in [0.717, 1.165) is 5.56 Å². The minimum absolute atomic E-state index is 0.247. The average molecular weight is 521 g/mol. The van der Waals surface area contributed by atoms with Crippen LogP contribution >= 0.6 is 11.3 Å². The van der Waals surface area contributed by atoms with Gasteiger partial charge in [0.25, 0.3) is 5.56 Å². The fourth-order valence-electron chi connectivity index (χ4n) is 3.95. The first-order valence-electron chi connectivity index (χ1n) is 11.8. The standard InChI is InChI=1S/C28H28N2O6S/c1-5-14-36-20-11-8-18(9-12-20)15-24-26(31)30-25(21(27(32)33-4)17-29-28(30)37-24)19-10-13-22(34-6-2)23(16-19)35-7-3/h5,8-13,15-17,25H,1,6-7,14H2,2-4H3/b24-15-/t25-/m0/s1. The summed E-state index contributed by atoms with van der Waals surface area (Å²) in [4.78, 5) is 31.3. The first-order chi connectivity index (χ1) is 18.0. The Morgan fingerprint density at radius 2 is 1.81 bits per heavy atom. The normalized spacial score (nSPS) is 14.7. The molecule has 0 amide bonds. The molecule has 0 radical (unpaired) electrons. The number of aromatic nitrogens is 1. The zero-order valence-electron chi connectivity index (χ0n) is 20.9. The van der Waals surface area contributed by atoms with Crippen molar-refractivity contribution in [2.45, 2.75) is 19.9 Å². The van der Waals surface area contributed by atoms with Gasteiger partial charge in [-0.1, -0.05) is 42.2 Å². The highest BCUT2D eigenvalue weighted by atomic mass is 32.1.